The summed E-state index contributed by atoms with van der Waals surface area (Å²) in [5.41, 5.74) is 9.68. The number of hydrogen-bond donors (Lipinski definition) is 4. The van der Waals surface area contributed by atoms with E-state index in [1.807, 2.05) is 0 Å². The van der Waals surface area contributed by atoms with E-state index in [1.165, 1.54) is 0 Å². The van der Waals surface area contributed by atoms with Crippen LogP contribution in [0.4, 0.5) is 5.69 Å². The van der Waals surface area contributed by atoms with Crippen molar-refractivity contribution in [3.05, 3.63) is 94.2 Å². The highest BCUT2D eigenvalue weighted by molar-refractivity contribution is 5.95. The normalized spacial score (nSPS) is 13.3. The molecule has 1 saturated carbocycles. The van der Waals surface area contributed by atoms with Crippen molar-refractivity contribution < 1.29 is 9.53 Å². The van der Waals surface area contributed by atoms with Crippen molar-refractivity contribution in [2.45, 2.75) is 18.9 Å². The molecule has 4 rings (SSSR count). The van der Waals surface area contributed by atoms with E-state index in [0.29, 0.717) is 51.1 Å². The smallest absolute Gasteiger partial charge is 0.257 e. The average molecular weight is 444 g/mol. The van der Waals surface area contributed by atoms with Crippen LogP contribution in [-0.4, -0.2) is 29.0 Å². The zero-order chi connectivity index (χ0) is 23.4. The third kappa shape index (κ3) is 5.30. The lowest BCUT2D eigenvalue weighted by molar-refractivity contribution is 0.0951. The molecular weight excluding hydrogens is 418 g/mol. The van der Waals surface area contributed by atoms with Gasteiger partial charge in [-0.15, -0.1) is 0 Å². The topological polar surface area (TPSA) is 122 Å². The molecule has 33 heavy (non-hydrogen) atoms. The van der Waals surface area contributed by atoms with Gasteiger partial charge in [-0.1, -0.05) is 6.58 Å². The molecule has 3 aromatic rings. The average Bonchev–Trinajstić information content (AvgIpc) is 3.63. The lowest BCUT2D eigenvalue weighted by Crippen LogP contribution is -2.25. The number of amides is 1. The molecule has 1 fully saturated rings. The Hall–Kier alpha value is -4.33. The maximum Gasteiger partial charge on any atom is 0.257 e. The lowest BCUT2D eigenvalue weighted by Gasteiger charge is -2.13. The molecule has 2 heterocycles. The minimum Gasteiger partial charge on any atom is -0.495 e. The van der Waals surface area contributed by atoms with E-state index < -0.39 is 0 Å². The van der Waals surface area contributed by atoms with Gasteiger partial charge in [-0.3, -0.25) is 14.6 Å². The molecule has 0 bridgehead atoms. The molecule has 1 aliphatic rings. The van der Waals surface area contributed by atoms with E-state index in [-0.39, 0.29) is 11.5 Å². The second-order valence-electron chi connectivity index (χ2n) is 7.78. The number of methoxy groups -OCH3 is 1. The number of nitrogens with one attached hydrogen (secondary N) is 3. The number of H-pyrrole nitrogens is 1. The van der Waals surface area contributed by atoms with E-state index in [2.05, 4.69) is 27.2 Å². The van der Waals surface area contributed by atoms with Crippen LogP contribution in [0, 0.1) is 0 Å². The molecule has 8 heteroatoms. The van der Waals surface area contributed by atoms with Crippen LogP contribution in [-0.2, 0) is 0 Å². The Kier molecular flexibility index (Phi) is 6.26. The zero-order valence-electron chi connectivity index (χ0n) is 18.2. The number of carbonyl (C=O) groups excluding carboxylic acids is 1. The van der Waals surface area contributed by atoms with Crippen LogP contribution in [0.2, 0.25) is 0 Å². The summed E-state index contributed by atoms with van der Waals surface area (Å²) in [6.07, 6.45) is 8.52. The number of nitrogens with zero attached hydrogens (tertiary/aromatic N) is 1. The summed E-state index contributed by atoms with van der Waals surface area (Å²) in [7, 11) is 1.55. The largest absolute Gasteiger partial charge is 0.495 e. The van der Waals surface area contributed by atoms with Gasteiger partial charge in [0.05, 0.1) is 18.9 Å². The van der Waals surface area contributed by atoms with Crippen molar-refractivity contribution in [3.63, 3.8) is 0 Å². The van der Waals surface area contributed by atoms with E-state index in [1.54, 1.807) is 68.2 Å². The number of aromatic nitrogens is 2. The Bertz CT molecular complexity index is 1270. The van der Waals surface area contributed by atoms with Crippen LogP contribution >= 0.6 is 0 Å². The molecule has 1 aliphatic carbocycles. The zero-order valence-corrected chi connectivity index (χ0v) is 18.2. The maximum absolute atomic E-state index is 12.6. The molecule has 0 saturated heterocycles. The number of aromatic amines is 1. The molecule has 0 unspecified atom stereocenters. The predicted molar refractivity (Wildman–Crippen MR) is 129 cm³/mol. The Morgan fingerprint density at radius 2 is 1.97 bits per heavy atom. The Labute approximate surface area is 191 Å². The van der Waals surface area contributed by atoms with E-state index >= 15 is 0 Å². The summed E-state index contributed by atoms with van der Waals surface area (Å²) in [5, 5.41) is 6.10. The highest BCUT2D eigenvalue weighted by Gasteiger charge is 2.23. The fraction of sp³-hybridized carbons (Fsp3) is 0.160. The Balaban J connectivity index is 1.55. The van der Waals surface area contributed by atoms with Gasteiger partial charge >= 0.3 is 0 Å². The number of ether oxygens (including phenoxy) is 1. The molecule has 0 atom stereocenters. The van der Waals surface area contributed by atoms with E-state index in [4.69, 9.17) is 10.5 Å². The summed E-state index contributed by atoms with van der Waals surface area (Å²) in [5.74, 6) is 0.493. The molecule has 5 N–H and O–H groups in total. The molecular formula is C25H25N5O3. The summed E-state index contributed by atoms with van der Waals surface area (Å²) < 4.78 is 5.20. The number of pyridine rings is 2. The molecule has 0 radical (unpaired) electrons. The number of benzene rings is 1. The molecule has 168 valence electrons. The highest BCUT2D eigenvalue weighted by Crippen LogP contribution is 2.23. The SMILES string of the molecule is C=C(Nc1ccc(C(=O)NC2CC2)cc1)c1c(/C=C(\N)c2cncc(OC)c2)cc[nH]c1=O. The van der Waals surface area contributed by atoms with Gasteiger partial charge in [0, 0.05) is 46.6 Å². The second kappa shape index (κ2) is 9.44. The number of nitrogens with two attached hydrogens (primary N) is 1. The highest BCUT2D eigenvalue weighted by atomic mass is 16.5. The van der Waals surface area contributed by atoms with Crippen LogP contribution in [0.1, 0.15) is 39.9 Å². The third-order valence-corrected chi connectivity index (χ3v) is 5.24. The third-order valence-electron chi connectivity index (χ3n) is 5.24. The molecule has 1 amide bonds. The first kappa shape index (κ1) is 21.9. The van der Waals surface area contributed by atoms with E-state index in [0.717, 1.165) is 12.8 Å². The van der Waals surface area contributed by atoms with Gasteiger partial charge in [-0.25, -0.2) is 0 Å². The lowest BCUT2D eigenvalue weighted by atomic mass is 10.0. The fourth-order valence-corrected chi connectivity index (χ4v) is 3.30. The predicted octanol–water partition coefficient (Wildman–Crippen LogP) is 3.21. The monoisotopic (exact) mass is 443 g/mol. The van der Waals surface area contributed by atoms with Gasteiger partial charge in [-0.2, -0.15) is 0 Å². The number of carbonyl (C=O) groups is 1. The van der Waals surface area contributed by atoms with Gasteiger partial charge in [0.15, 0.2) is 0 Å². The first-order chi connectivity index (χ1) is 15.9. The second-order valence-corrected chi connectivity index (χ2v) is 7.78. The molecule has 2 aromatic heterocycles. The van der Waals surface area contributed by atoms with Gasteiger partial charge in [-0.05, 0) is 60.9 Å². The van der Waals surface area contributed by atoms with Gasteiger partial charge in [0.25, 0.3) is 11.5 Å². The summed E-state index contributed by atoms with van der Waals surface area (Å²) in [6, 6.07) is 10.8. The molecule has 8 nitrogen and oxygen atoms in total. The van der Waals surface area contributed by atoms with Crippen molar-refractivity contribution in [2.24, 2.45) is 5.73 Å². The maximum atomic E-state index is 12.6. The Morgan fingerprint density at radius 1 is 1.21 bits per heavy atom. The van der Waals surface area contributed by atoms with Crippen LogP contribution < -0.4 is 26.7 Å². The first-order valence-corrected chi connectivity index (χ1v) is 10.5. The quantitative estimate of drug-likeness (QED) is 0.424. The van der Waals surface area contributed by atoms with Crippen molar-refractivity contribution >= 4 is 29.1 Å². The fourth-order valence-electron chi connectivity index (χ4n) is 3.30. The minimum absolute atomic E-state index is 0.0858. The number of hydrogen-bond acceptors (Lipinski definition) is 6. The summed E-state index contributed by atoms with van der Waals surface area (Å²) >= 11 is 0. The van der Waals surface area contributed by atoms with Crippen LogP contribution in [0.25, 0.3) is 17.5 Å². The first-order valence-electron chi connectivity index (χ1n) is 10.5. The number of anilines is 1. The van der Waals surface area contributed by atoms with Crippen molar-refractivity contribution in [2.75, 3.05) is 12.4 Å². The van der Waals surface area contributed by atoms with Gasteiger partial charge in [0.2, 0.25) is 0 Å². The Morgan fingerprint density at radius 3 is 2.67 bits per heavy atom. The molecule has 0 spiro atoms. The van der Waals surface area contributed by atoms with Crippen LogP contribution in [0.5, 0.6) is 5.75 Å². The van der Waals surface area contributed by atoms with Crippen molar-refractivity contribution in [3.8, 4) is 5.75 Å². The van der Waals surface area contributed by atoms with E-state index in [9.17, 15) is 9.59 Å². The van der Waals surface area contributed by atoms with Gasteiger partial charge in [0.1, 0.15) is 5.75 Å². The van der Waals surface area contributed by atoms with Crippen molar-refractivity contribution in [1.82, 2.24) is 15.3 Å². The van der Waals surface area contributed by atoms with Crippen molar-refractivity contribution in [1.29, 1.82) is 0 Å². The van der Waals surface area contributed by atoms with Crippen LogP contribution in [0.3, 0.4) is 0 Å². The van der Waals surface area contributed by atoms with Gasteiger partial charge < -0.3 is 26.1 Å². The summed E-state index contributed by atoms with van der Waals surface area (Å²) in [4.78, 5) is 31.6. The van der Waals surface area contributed by atoms with Crippen LogP contribution in [0.15, 0.2) is 66.4 Å². The minimum atomic E-state index is -0.307. The summed E-state index contributed by atoms with van der Waals surface area (Å²) in [6.45, 7) is 4.04. The molecule has 0 aliphatic heterocycles. The standard InChI is InChI=1S/C25H25N5O3/c1-15(29-19-5-3-16(4-6-19)24(31)30-20-7-8-20)23-17(9-10-28-25(23)32)12-22(26)18-11-21(33-2)14-27-13-18/h3-6,9-14,20,29H,1,7-8,26H2,2H3,(H,28,32)(H,30,31)/b22-12-. The number of rotatable bonds is 8. The molecule has 1 aromatic carbocycles.